The van der Waals surface area contributed by atoms with Crippen LogP contribution in [0.25, 0.3) is 0 Å². The standard InChI is InChI=1S/C3H6N6.Mn/c4-1-7-2(5)9-3(6)8-1;/h(H6,4,5,6,7,8,9);. The van der Waals surface area contributed by atoms with Crippen molar-refractivity contribution in [3.8, 4) is 0 Å². The molecule has 0 aliphatic carbocycles. The van der Waals surface area contributed by atoms with E-state index in [1.165, 1.54) is 0 Å². The number of nitrogen functional groups attached to an aromatic ring is 3. The van der Waals surface area contributed by atoms with Gasteiger partial charge in [-0.1, -0.05) is 0 Å². The summed E-state index contributed by atoms with van der Waals surface area (Å²) in [6.07, 6.45) is 0. The third-order valence-electron chi connectivity index (χ3n) is 0.687. The summed E-state index contributed by atoms with van der Waals surface area (Å²) in [6.45, 7) is 0. The first-order valence-corrected chi connectivity index (χ1v) is 2.21. The molecule has 1 radical (unpaired) electrons. The second kappa shape index (κ2) is 3.19. The maximum atomic E-state index is 5.14. The molecule has 0 aliphatic heterocycles. The Morgan fingerprint density at radius 3 is 1.10 bits per heavy atom. The summed E-state index contributed by atoms with van der Waals surface area (Å²) in [6, 6.07) is 0. The van der Waals surface area contributed by atoms with Gasteiger partial charge in [0.1, 0.15) is 0 Å². The van der Waals surface area contributed by atoms with Gasteiger partial charge in [-0.2, -0.15) is 15.0 Å². The van der Waals surface area contributed by atoms with E-state index < -0.39 is 0 Å². The molecule has 0 saturated heterocycles. The third-order valence-corrected chi connectivity index (χ3v) is 0.687. The van der Waals surface area contributed by atoms with E-state index in [-0.39, 0.29) is 34.9 Å². The fourth-order valence-corrected chi connectivity index (χ4v) is 0.427. The van der Waals surface area contributed by atoms with E-state index in [0.29, 0.717) is 0 Å². The van der Waals surface area contributed by atoms with Crippen LogP contribution in [0.3, 0.4) is 0 Å². The van der Waals surface area contributed by atoms with E-state index in [4.69, 9.17) is 17.2 Å². The number of hydrogen-bond acceptors (Lipinski definition) is 6. The summed E-state index contributed by atoms with van der Waals surface area (Å²) in [7, 11) is 0. The van der Waals surface area contributed by atoms with Gasteiger partial charge in [0, 0.05) is 17.1 Å². The fourth-order valence-electron chi connectivity index (χ4n) is 0.427. The van der Waals surface area contributed by atoms with Crippen LogP contribution in [0.2, 0.25) is 0 Å². The Balaban J connectivity index is 0.000000810. The number of anilines is 3. The second-order valence-corrected chi connectivity index (χ2v) is 1.41. The van der Waals surface area contributed by atoms with Crippen molar-refractivity contribution >= 4 is 17.8 Å². The van der Waals surface area contributed by atoms with Crippen molar-refractivity contribution in [3.63, 3.8) is 0 Å². The second-order valence-electron chi connectivity index (χ2n) is 1.41. The molecule has 0 saturated carbocycles. The predicted octanol–water partition coefficient (Wildman–Crippen LogP) is -1.38. The van der Waals surface area contributed by atoms with Crippen LogP contribution in [0, 0.1) is 0 Å². The summed E-state index contributed by atoms with van der Waals surface area (Å²) in [5.74, 6) is 0.125. The number of aromatic nitrogens is 3. The molecule has 0 aliphatic rings. The Labute approximate surface area is 67.7 Å². The zero-order valence-electron chi connectivity index (χ0n) is 4.95. The van der Waals surface area contributed by atoms with Gasteiger partial charge in [0.05, 0.1) is 0 Å². The van der Waals surface area contributed by atoms with Crippen LogP contribution in [0.5, 0.6) is 0 Å². The van der Waals surface area contributed by atoms with Gasteiger partial charge in [-0.05, 0) is 0 Å². The Bertz CT molecular complexity index is 174. The number of rotatable bonds is 0. The smallest absolute Gasteiger partial charge is 0.226 e. The average molecular weight is 181 g/mol. The van der Waals surface area contributed by atoms with E-state index in [1.54, 1.807) is 0 Å². The molecule has 7 heteroatoms. The molecule has 1 heterocycles. The van der Waals surface area contributed by atoms with Crippen LogP contribution in [-0.2, 0) is 17.1 Å². The topological polar surface area (TPSA) is 117 Å². The van der Waals surface area contributed by atoms with E-state index in [0.717, 1.165) is 0 Å². The number of hydrogen-bond donors (Lipinski definition) is 3. The van der Waals surface area contributed by atoms with Gasteiger partial charge >= 0.3 is 0 Å². The maximum absolute atomic E-state index is 5.14. The van der Waals surface area contributed by atoms with Gasteiger partial charge in [0.25, 0.3) is 0 Å². The van der Waals surface area contributed by atoms with Crippen molar-refractivity contribution in [1.29, 1.82) is 0 Å². The van der Waals surface area contributed by atoms with Crippen LogP contribution >= 0.6 is 0 Å². The third kappa shape index (κ3) is 2.04. The van der Waals surface area contributed by atoms with Crippen molar-refractivity contribution in [1.82, 2.24) is 15.0 Å². The van der Waals surface area contributed by atoms with E-state index in [2.05, 4.69) is 15.0 Å². The molecule has 6 N–H and O–H groups in total. The van der Waals surface area contributed by atoms with E-state index in [1.807, 2.05) is 0 Å². The molecule has 55 valence electrons. The molecule has 1 aromatic heterocycles. The van der Waals surface area contributed by atoms with Crippen LogP contribution in [0.4, 0.5) is 17.8 Å². The molecule has 0 fully saturated rings. The van der Waals surface area contributed by atoms with Gasteiger partial charge in [-0.25, -0.2) is 0 Å². The first-order valence-electron chi connectivity index (χ1n) is 2.21. The molecule has 10 heavy (non-hydrogen) atoms. The van der Waals surface area contributed by atoms with Crippen LogP contribution in [-0.4, -0.2) is 15.0 Å². The molecule has 0 aromatic carbocycles. The summed E-state index contributed by atoms with van der Waals surface area (Å²) in [5.41, 5.74) is 15.4. The first-order chi connectivity index (χ1) is 4.18. The molecule has 6 nitrogen and oxygen atoms in total. The molecule has 0 atom stereocenters. The van der Waals surface area contributed by atoms with Crippen molar-refractivity contribution in [3.05, 3.63) is 0 Å². The van der Waals surface area contributed by atoms with Gasteiger partial charge in [-0.3, -0.25) is 0 Å². The molecular weight excluding hydrogens is 175 g/mol. The average Bonchev–Trinajstić information content (AvgIpc) is 1.59. The molecule has 0 bridgehead atoms. The minimum atomic E-state index is 0. The van der Waals surface area contributed by atoms with Gasteiger partial charge in [0.15, 0.2) is 0 Å². The van der Waals surface area contributed by atoms with Crippen molar-refractivity contribution < 1.29 is 17.1 Å². The van der Waals surface area contributed by atoms with Crippen LogP contribution in [0.1, 0.15) is 0 Å². The Kier molecular flexibility index (Phi) is 2.85. The largest absolute Gasteiger partial charge is 0.368 e. The molecule has 0 amide bonds. The number of nitrogens with zero attached hydrogens (tertiary/aromatic N) is 3. The Morgan fingerprint density at radius 2 is 0.900 bits per heavy atom. The quantitative estimate of drug-likeness (QED) is 0.424. The minimum absolute atomic E-state index is 0. The molecule has 0 spiro atoms. The van der Waals surface area contributed by atoms with Gasteiger partial charge < -0.3 is 17.2 Å². The first kappa shape index (κ1) is 8.93. The van der Waals surface area contributed by atoms with E-state index >= 15 is 0 Å². The minimum Gasteiger partial charge on any atom is -0.368 e. The van der Waals surface area contributed by atoms with Gasteiger partial charge in [-0.15, -0.1) is 0 Å². The zero-order valence-corrected chi connectivity index (χ0v) is 6.13. The predicted molar refractivity (Wildman–Crippen MR) is 33.1 cm³/mol. The van der Waals surface area contributed by atoms with Gasteiger partial charge in [0.2, 0.25) is 17.8 Å². The summed E-state index contributed by atoms with van der Waals surface area (Å²) < 4.78 is 0. The monoisotopic (exact) mass is 181 g/mol. The van der Waals surface area contributed by atoms with E-state index in [9.17, 15) is 0 Å². The normalized spacial score (nSPS) is 8.40. The van der Waals surface area contributed by atoms with Crippen LogP contribution in [0.15, 0.2) is 0 Å². The molecule has 1 rings (SSSR count). The van der Waals surface area contributed by atoms with Crippen molar-refractivity contribution in [2.24, 2.45) is 0 Å². The fraction of sp³-hybridized carbons (Fsp3) is 0. The van der Waals surface area contributed by atoms with Crippen LogP contribution < -0.4 is 17.2 Å². The maximum Gasteiger partial charge on any atom is 0.226 e. The van der Waals surface area contributed by atoms with Crippen molar-refractivity contribution in [2.75, 3.05) is 17.2 Å². The SMILES string of the molecule is Nc1nc(N)nc(N)n1.[Mn]. The molecular formula is C3H6MnN6. The number of nitrogens with two attached hydrogens (primary N) is 3. The Morgan fingerprint density at radius 1 is 0.700 bits per heavy atom. The summed E-state index contributed by atoms with van der Waals surface area (Å²) in [5, 5.41) is 0. The Hall–Kier alpha value is -1.07. The molecule has 0 unspecified atom stereocenters. The zero-order chi connectivity index (χ0) is 6.85. The van der Waals surface area contributed by atoms with Crippen molar-refractivity contribution in [2.45, 2.75) is 0 Å². The summed E-state index contributed by atoms with van der Waals surface area (Å²) >= 11 is 0. The molecule has 1 aromatic rings. The summed E-state index contributed by atoms with van der Waals surface area (Å²) in [4.78, 5) is 10.5.